The van der Waals surface area contributed by atoms with Gasteiger partial charge in [0.2, 0.25) is 0 Å². The molecule has 0 heterocycles. The molecule has 0 saturated carbocycles. The fourth-order valence-electron chi connectivity index (χ4n) is 1.75. The van der Waals surface area contributed by atoms with Crippen LogP contribution in [0.3, 0.4) is 0 Å². The minimum absolute atomic E-state index is 0.114. The molecule has 1 atom stereocenters. The molecule has 1 aromatic rings. The zero-order valence-corrected chi connectivity index (χ0v) is 10.5. The van der Waals surface area contributed by atoms with E-state index in [1.165, 1.54) is 12.5 Å². The average molecular weight is 220 g/mol. The Kier molecular flexibility index (Phi) is 4.53. The smallest absolute Gasteiger partial charge is 0.303 e. The summed E-state index contributed by atoms with van der Waals surface area (Å²) in [6.45, 7) is 7.77. The van der Waals surface area contributed by atoms with Crippen molar-refractivity contribution in [3.05, 3.63) is 35.4 Å². The standard InChI is InChI=1S/C14H20O2/c1-10(2)8-14(16-12(4)15)13-7-5-6-11(3)9-13/h5-7,9-10,14H,8H2,1-4H3. The lowest BCUT2D eigenvalue weighted by atomic mass is 9.98. The first kappa shape index (κ1) is 12.8. The van der Waals surface area contributed by atoms with Crippen LogP contribution in [0.2, 0.25) is 0 Å². The maximum atomic E-state index is 11.1. The molecule has 0 aliphatic rings. The molecule has 0 aliphatic carbocycles. The first-order valence-corrected chi connectivity index (χ1v) is 5.73. The van der Waals surface area contributed by atoms with E-state index in [9.17, 15) is 4.79 Å². The molecule has 0 aromatic heterocycles. The van der Waals surface area contributed by atoms with E-state index in [1.807, 2.05) is 25.1 Å². The van der Waals surface area contributed by atoms with Crippen molar-refractivity contribution in [2.75, 3.05) is 0 Å². The summed E-state index contributed by atoms with van der Waals surface area (Å²) in [5.74, 6) is 0.289. The minimum atomic E-state index is -0.216. The van der Waals surface area contributed by atoms with Gasteiger partial charge in [-0.05, 0) is 24.8 Å². The Labute approximate surface area is 97.6 Å². The van der Waals surface area contributed by atoms with E-state index in [0.717, 1.165) is 12.0 Å². The second-order valence-electron chi connectivity index (χ2n) is 4.64. The van der Waals surface area contributed by atoms with Crippen molar-refractivity contribution >= 4 is 5.97 Å². The van der Waals surface area contributed by atoms with Crippen LogP contribution >= 0.6 is 0 Å². The van der Waals surface area contributed by atoms with Crippen molar-refractivity contribution in [1.82, 2.24) is 0 Å². The zero-order chi connectivity index (χ0) is 12.1. The van der Waals surface area contributed by atoms with Gasteiger partial charge in [0.15, 0.2) is 0 Å². The second-order valence-corrected chi connectivity index (χ2v) is 4.64. The number of ether oxygens (including phenoxy) is 1. The Morgan fingerprint density at radius 2 is 2.06 bits per heavy atom. The molecule has 2 heteroatoms. The Balaban J connectivity index is 2.86. The lowest BCUT2D eigenvalue weighted by Gasteiger charge is -2.19. The summed E-state index contributed by atoms with van der Waals surface area (Å²) < 4.78 is 5.36. The van der Waals surface area contributed by atoms with E-state index in [2.05, 4.69) is 19.9 Å². The van der Waals surface area contributed by atoms with Crippen LogP contribution in [0.25, 0.3) is 0 Å². The molecule has 0 N–H and O–H groups in total. The molecule has 0 aliphatic heterocycles. The van der Waals surface area contributed by atoms with Crippen molar-refractivity contribution in [3.63, 3.8) is 0 Å². The molecule has 1 rings (SSSR count). The summed E-state index contributed by atoms with van der Waals surface area (Å²) >= 11 is 0. The van der Waals surface area contributed by atoms with Gasteiger partial charge in [-0.25, -0.2) is 0 Å². The highest BCUT2D eigenvalue weighted by Gasteiger charge is 2.16. The van der Waals surface area contributed by atoms with Gasteiger partial charge in [-0.3, -0.25) is 4.79 Å². The summed E-state index contributed by atoms with van der Waals surface area (Å²) in [7, 11) is 0. The number of esters is 1. The third-order valence-corrected chi connectivity index (χ3v) is 2.41. The summed E-state index contributed by atoms with van der Waals surface area (Å²) in [5.41, 5.74) is 2.28. The van der Waals surface area contributed by atoms with Gasteiger partial charge in [-0.15, -0.1) is 0 Å². The predicted octanol–water partition coefficient (Wildman–Crippen LogP) is 3.65. The van der Waals surface area contributed by atoms with Gasteiger partial charge >= 0.3 is 5.97 Å². The van der Waals surface area contributed by atoms with E-state index in [0.29, 0.717) is 5.92 Å². The Hall–Kier alpha value is -1.31. The maximum absolute atomic E-state index is 11.1. The van der Waals surface area contributed by atoms with E-state index in [1.54, 1.807) is 0 Å². The van der Waals surface area contributed by atoms with Gasteiger partial charge in [0, 0.05) is 6.92 Å². The second kappa shape index (κ2) is 5.69. The SMILES string of the molecule is CC(=O)OC(CC(C)C)c1cccc(C)c1. The molecule has 1 aromatic carbocycles. The van der Waals surface area contributed by atoms with Crippen LogP contribution in [0.15, 0.2) is 24.3 Å². The minimum Gasteiger partial charge on any atom is -0.458 e. The number of aryl methyl sites for hydroxylation is 1. The van der Waals surface area contributed by atoms with Crippen molar-refractivity contribution in [3.8, 4) is 0 Å². The molecule has 0 radical (unpaired) electrons. The highest BCUT2D eigenvalue weighted by atomic mass is 16.5. The molecule has 88 valence electrons. The van der Waals surface area contributed by atoms with Gasteiger partial charge in [0.1, 0.15) is 6.10 Å². The van der Waals surface area contributed by atoms with Crippen molar-refractivity contribution in [2.45, 2.75) is 40.2 Å². The van der Waals surface area contributed by atoms with Crippen molar-refractivity contribution < 1.29 is 9.53 Å². The van der Waals surface area contributed by atoms with Gasteiger partial charge in [0.05, 0.1) is 0 Å². The summed E-state index contributed by atoms with van der Waals surface area (Å²) in [6, 6.07) is 8.14. The summed E-state index contributed by atoms with van der Waals surface area (Å²) in [5, 5.41) is 0. The van der Waals surface area contributed by atoms with Crippen LogP contribution in [0, 0.1) is 12.8 Å². The quantitative estimate of drug-likeness (QED) is 0.724. The Bertz CT molecular complexity index is 356. The molecular weight excluding hydrogens is 200 g/mol. The number of hydrogen-bond acceptors (Lipinski definition) is 2. The van der Waals surface area contributed by atoms with Crippen molar-refractivity contribution in [2.24, 2.45) is 5.92 Å². The summed E-state index contributed by atoms with van der Waals surface area (Å²) in [6.07, 6.45) is 0.751. The number of benzene rings is 1. The lowest BCUT2D eigenvalue weighted by Crippen LogP contribution is -2.11. The zero-order valence-electron chi connectivity index (χ0n) is 10.5. The summed E-state index contributed by atoms with van der Waals surface area (Å²) in [4.78, 5) is 11.1. The Morgan fingerprint density at radius 3 is 2.56 bits per heavy atom. The van der Waals surface area contributed by atoms with Crippen LogP contribution in [0.5, 0.6) is 0 Å². The first-order chi connectivity index (χ1) is 7.49. The van der Waals surface area contributed by atoms with E-state index >= 15 is 0 Å². The van der Waals surface area contributed by atoms with Crippen LogP contribution in [0.1, 0.15) is 44.4 Å². The molecular formula is C14H20O2. The predicted molar refractivity (Wildman–Crippen MR) is 65.1 cm³/mol. The van der Waals surface area contributed by atoms with E-state index in [-0.39, 0.29) is 12.1 Å². The normalized spacial score (nSPS) is 12.6. The fourth-order valence-corrected chi connectivity index (χ4v) is 1.75. The van der Waals surface area contributed by atoms with Gasteiger partial charge in [-0.2, -0.15) is 0 Å². The van der Waals surface area contributed by atoms with Crippen LogP contribution in [-0.2, 0) is 9.53 Å². The third kappa shape index (κ3) is 4.05. The van der Waals surface area contributed by atoms with Gasteiger partial charge < -0.3 is 4.74 Å². The van der Waals surface area contributed by atoms with Gasteiger partial charge in [-0.1, -0.05) is 43.7 Å². The number of carbonyl (C=O) groups excluding carboxylic acids is 1. The highest BCUT2D eigenvalue weighted by Crippen LogP contribution is 2.25. The maximum Gasteiger partial charge on any atom is 0.303 e. The van der Waals surface area contributed by atoms with E-state index < -0.39 is 0 Å². The van der Waals surface area contributed by atoms with Crippen LogP contribution in [-0.4, -0.2) is 5.97 Å². The molecule has 0 bridgehead atoms. The molecule has 0 fully saturated rings. The number of hydrogen-bond donors (Lipinski definition) is 0. The molecule has 1 unspecified atom stereocenters. The van der Waals surface area contributed by atoms with E-state index in [4.69, 9.17) is 4.74 Å². The largest absolute Gasteiger partial charge is 0.458 e. The monoisotopic (exact) mass is 220 g/mol. The first-order valence-electron chi connectivity index (χ1n) is 5.73. The number of carbonyl (C=O) groups is 1. The van der Waals surface area contributed by atoms with Crippen LogP contribution < -0.4 is 0 Å². The third-order valence-electron chi connectivity index (χ3n) is 2.41. The topological polar surface area (TPSA) is 26.3 Å². The molecule has 0 amide bonds. The van der Waals surface area contributed by atoms with Crippen LogP contribution in [0.4, 0.5) is 0 Å². The highest BCUT2D eigenvalue weighted by molar-refractivity contribution is 5.66. The number of rotatable bonds is 4. The lowest BCUT2D eigenvalue weighted by molar-refractivity contribution is -0.147. The molecule has 16 heavy (non-hydrogen) atoms. The molecule has 2 nitrogen and oxygen atoms in total. The molecule has 0 spiro atoms. The van der Waals surface area contributed by atoms with Crippen molar-refractivity contribution in [1.29, 1.82) is 0 Å². The van der Waals surface area contributed by atoms with Gasteiger partial charge in [0.25, 0.3) is 0 Å². The Morgan fingerprint density at radius 1 is 1.38 bits per heavy atom. The fraction of sp³-hybridized carbons (Fsp3) is 0.500. The molecule has 0 saturated heterocycles. The average Bonchev–Trinajstić information content (AvgIpc) is 2.15.